The molecule has 8 heteroatoms. The Hall–Kier alpha value is -0.747. The molecule has 0 aliphatic rings. The molecule has 0 aliphatic heterocycles. The van der Waals surface area contributed by atoms with Crippen LogP contribution in [0.25, 0.3) is 0 Å². The maximum absolute atomic E-state index is 9.24. The van der Waals surface area contributed by atoms with Gasteiger partial charge in [-0.05, 0) is 0 Å². The molecule has 0 heterocycles. The number of aliphatic carboxylic acids is 1. The van der Waals surface area contributed by atoms with Crippen LogP contribution in [0.15, 0.2) is 0 Å². The van der Waals surface area contributed by atoms with E-state index < -0.39 is 11.1 Å². The Morgan fingerprint density at radius 3 is 1.70 bits per heavy atom. The molecule has 0 saturated heterocycles. The molecule has 10 heavy (non-hydrogen) atoms. The van der Waals surface area contributed by atoms with Gasteiger partial charge in [0.15, 0.2) is 0 Å². The van der Waals surface area contributed by atoms with Crippen molar-refractivity contribution in [3.63, 3.8) is 0 Å². The monoisotopic (exact) mass is 239 g/mol. The van der Waals surface area contributed by atoms with Gasteiger partial charge in [0.2, 0.25) is 0 Å². The fraction of sp³-hybridized carbons (Fsp3) is 0.500. The van der Waals surface area contributed by atoms with Crippen molar-refractivity contribution in [2.45, 2.75) is 0 Å². The average Bonchev–Trinajstić information content (AvgIpc) is 1.65. The van der Waals surface area contributed by atoms with Gasteiger partial charge >= 0.3 is 25.4 Å². The SMILES string of the molecule is NCC(=O)O.O=[N+]([O-])[O-].[Ru+]. The van der Waals surface area contributed by atoms with Crippen LogP contribution in [0.4, 0.5) is 0 Å². The van der Waals surface area contributed by atoms with Gasteiger partial charge in [0, 0.05) is 0 Å². The number of hydrogen-bond donors (Lipinski definition) is 2. The molecule has 61 valence electrons. The Kier molecular flexibility index (Phi) is 17.9. The van der Waals surface area contributed by atoms with E-state index in [-0.39, 0.29) is 26.0 Å². The fourth-order valence-corrected chi connectivity index (χ4v) is 0. The van der Waals surface area contributed by atoms with Crippen LogP contribution in [0.5, 0.6) is 0 Å². The summed E-state index contributed by atoms with van der Waals surface area (Å²) in [5.74, 6) is -0.968. The standard InChI is InChI=1S/C2H5NO2.NO3.Ru/c3-1-2(4)5;2-1(3)4;/h1,3H2,(H,4,5);;/q;-1;+1. The molecule has 0 aromatic rings. The third-order valence-electron chi connectivity index (χ3n) is 0.175. The van der Waals surface area contributed by atoms with Crippen LogP contribution in [0.3, 0.4) is 0 Å². The van der Waals surface area contributed by atoms with Gasteiger partial charge in [-0.1, -0.05) is 0 Å². The maximum atomic E-state index is 9.24. The Morgan fingerprint density at radius 1 is 1.60 bits per heavy atom. The minimum atomic E-state index is -1.75. The van der Waals surface area contributed by atoms with Crippen LogP contribution < -0.4 is 5.73 Å². The first-order valence-corrected chi connectivity index (χ1v) is 1.74. The number of nitrogens with two attached hydrogens (primary N) is 1. The molecule has 7 nitrogen and oxygen atoms in total. The van der Waals surface area contributed by atoms with Gasteiger partial charge in [0.1, 0.15) is 0 Å². The minimum absolute atomic E-state index is 0. The van der Waals surface area contributed by atoms with E-state index in [1.165, 1.54) is 0 Å². The molecule has 0 aromatic carbocycles. The Morgan fingerprint density at radius 2 is 1.70 bits per heavy atom. The van der Waals surface area contributed by atoms with Crippen molar-refractivity contribution in [3.8, 4) is 0 Å². The first-order chi connectivity index (χ1) is 4.00. The van der Waals surface area contributed by atoms with E-state index in [0.717, 1.165) is 0 Å². The second-order valence-electron chi connectivity index (χ2n) is 0.821. The number of nitrogens with zero attached hydrogens (tertiary/aromatic N) is 1. The first kappa shape index (κ1) is 16.1. The van der Waals surface area contributed by atoms with Crippen LogP contribution in [-0.4, -0.2) is 22.7 Å². The molecular weight excluding hydrogens is 233 g/mol. The van der Waals surface area contributed by atoms with E-state index in [0.29, 0.717) is 0 Å². The van der Waals surface area contributed by atoms with Crippen LogP contribution >= 0.6 is 0 Å². The van der Waals surface area contributed by atoms with Crippen LogP contribution in [-0.2, 0) is 24.3 Å². The third-order valence-corrected chi connectivity index (χ3v) is 0.175. The van der Waals surface area contributed by atoms with E-state index in [2.05, 4.69) is 5.73 Å². The fourth-order valence-electron chi connectivity index (χ4n) is 0. The maximum Gasteiger partial charge on any atom is 1.00 e. The van der Waals surface area contributed by atoms with Gasteiger partial charge in [-0.3, -0.25) is 4.79 Å². The van der Waals surface area contributed by atoms with E-state index >= 15 is 0 Å². The summed E-state index contributed by atoms with van der Waals surface area (Å²) in [6, 6.07) is 0. The largest absolute Gasteiger partial charge is 1.00 e. The molecule has 0 atom stereocenters. The molecule has 0 saturated carbocycles. The van der Waals surface area contributed by atoms with E-state index in [1.807, 2.05) is 0 Å². The molecule has 0 aliphatic carbocycles. The molecule has 1 radical (unpaired) electrons. The van der Waals surface area contributed by atoms with Crippen molar-refractivity contribution in [2.75, 3.05) is 6.54 Å². The molecule has 0 fully saturated rings. The summed E-state index contributed by atoms with van der Waals surface area (Å²) in [5, 5.41) is 22.3. The van der Waals surface area contributed by atoms with E-state index in [9.17, 15) is 4.79 Å². The van der Waals surface area contributed by atoms with Gasteiger partial charge in [-0.2, -0.15) is 0 Å². The van der Waals surface area contributed by atoms with E-state index in [4.69, 9.17) is 20.4 Å². The van der Waals surface area contributed by atoms with Crippen molar-refractivity contribution >= 4 is 5.97 Å². The Labute approximate surface area is 68.7 Å². The van der Waals surface area contributed by atoms with Gasteiger partial charge in [-0.25, -0.2) is 0 Å². The molecule has 0 rings (SSSR count). The number of carboxylic acid groups (broad SMARTS) is 1. The molecule has 3 N–H and O–H groups in total. The van der Waals surface area contributed by atoms with Crippen molar-refractivity contribution in [3.05, 3.63) is 15.3 Å². The predicted molar refractivity (Wildman–Crippen MR) is 27.1 cm³/mol. The summed E-state index contributed by atoms with van der Waals surface area (Å²) in [7, 11) is 0. The van der Waals surface area contributed by atoms with Crippen LogP contribution in [0.1, 0.15) is 0 Å². The van der Waals surface area contributed by atoms with E-state index in [1.54, 1.807) is 0 Å². The van der Waals surface area contributed by atoms with Crippen molar-refractivity contribution in [2.24, 2.45) is 5.73 Å². The average molecular weight is 238 g/mol. The van der Waals surface area contributed by atoms with Crippen molar-refractivity contribution < 1.29 is 34.5 Å². The molecule has 0 spiro atoms. The molecule has 0 bridgehead atoms. The smallest absolute Gasteiger partial charge is 0.480 e. The third kappa shape index (κ3) is 181. The number of hydrogen-bond acceptors (Lipinski definition) is 5. The van der Waals surface area contributed by atoms with Gasteiger partial charge < -0.3 is 26.2 Å². The summed E-state index contributed by atoms with van der Waals surface area (Å²) in [6.07, 6.45) is 0. The normalized spacial score (nSPS) is 6.10. The Bertz CT molecular complexity index is 102. The van der Waals surface area contributed by atoms with Crippen LogP contribution in [0.2, 0.25) is 0 Å². The van der Waals surface area contributed by atoms with Gasteiger partial charge in [-0.15, -0.1) is 0 Å². The predicted octanol–water partition coefficient (Wildman–Crippen LogP) is -1.21. The zero-order chi connectivity index (χ0) is 7.86. The zero-order valence-corrected chi connectivity index (χ0v) is 6.40. The molecular formula is C2H5N2O5Ru. The second-order valence-corrected chi connectivity index (χ2v) is 0.821. The summed E-state index contributed by atoms with van der Waals surface area (Å²) >= 11 is 0. The molecule has 0 unspecified atom stereocenters. The quantitative estimate of drug-likeness (QED) is 0.335. The van der Waals surface area contributed by atoms with Crippen LogP contribution in [0, 0.1) is 15.3 Å². The first-order valence-electron chi connectivity index (χ1n) is 1.74. The second kappa shape index (κ2) is 11.1. The summed E-state index contributed by atoms with van der Waals surface area (Å²) in [6.45, 7) is -0.278. The Balaban J connectivity index is -0.0000000910. The van der Waals surface area contributed by atoms with Crippen molar-refractivity contribution in [1.82, 2.24) is 0 Å². The molecule has 0 aromatic heterocycles. The molecule has 0 amide bonds. The minimum Gasteiger partial charge on any atom is -0.480 e. The number of carbonyl (C=O) groups is 1. The topological polar surface area (TPSA) is 130 Å². The zero-order valence-electron chi connectivity index (χ0n) is 4.67. The number of rotatable bonds is 1. The summed E-state index contributed by atoms with van der Waals surface area (Å²) in [4.78, 5) is 17.5. The number of carboxylic acids is 1. The summed E-state index contributed by atoms with van der Waals surface area (Å²) < 4.78 is 0. The van der Waals surface area contributed by atoms with Gasteiger partial charge in [0.05, 0.1) is 11.6 Å². The van der Waals surface area contributed by atoms with Crippen molar-refractivity contribution in [1.29, 1.82) is 0 Å². The van der Waals surface area contributed by atoms with Gasteiger partial charge in [0.25, 0.3) is 0 Å². The summed E-state index contributed by atoms with van der Waals surface area (Å²) in [5.41, 5.74) is 4.57.